The second-order valence-electron chi connectivity index (χ2n) is 0.803. The van der Waals surface area contributed by atoms with Gasteiger partial charge in [0.2, 0.25) is 0 Å². The molecule has 0 aromatic heterocycles. The van der Waals surface area contributed by atoms with Crippen molar-refractivity contribution in [1.82, 2.24) is 0 Å². The van der Waals surface area contributed by atoms with Crippen LogP contribution in [-0.2, 0) is 4.74 Å². The van der Waals surface area contributed by atoms with Crippen molar-refractivity contribution in [2.24, 2.45) is 0 Å². The van der Waals surface area contributed by atoms with E-state index in [0.29, 0.717) is 0 Å². The molecule has 0 N–H and O–H groups in total. The Kier molecular flexibility index (Phi) is 23.5. The molecule has 0 spiro atoms. The van der Waals surface area contributed by atoms with Gasteiger partial charge in [0.1, 0.15) is 0 Å². The third-order valence-corrected chi connectivity index (χ3v) is 0.332. The van der Waals surface area contributed by atoms with Crippen molar-refractivity contribution < 1.29 is 39.4 Å². The molecule has 0 fully saturated rings. The van der Waals surface area contributed by atoms with Crippen molar-refractivity contribution in [2.75, 3.05) is 7.11 Å². The van der Waals surface area contributed by atoms with Crippen LogP contribution in [0.2, 0.25) is 0 Å². The van der Waals surface area contributed by atoms with E-state index in [1.807, 2.05) is 0 Å². The molecule has 7 heavy (non-hydrogen) atoms. The van der Waals surface area contributed by atoms with E-state index in [9.17, 15) is 5.11 Å². The molecule has 0 heterocycles. The summed E-state index contributed by atoms with van der Waals surface area (Å²) >= 11 is 0. The van der Waals surface area contributed by atoms with Gasteiger partial charge in [-0.15, -0.1) is 0 Å². The molecule has 1 unspecified atom stereocenters. The Bertz CT molecular complexity index is 26.9. The molecule has 4 heteroatoms. The van der Waals surface area contributed by atoms with Gasteiger partial charge in [0.05, 0.1) is 0 Å². The second-order valence-corrected chi connectivity index (χ2v) is 0.803. The van der Waals surface area contributed by atoms with Crippen LogP contribution < -0.4 is 34.7 Å². The molecule has 38 valence electrons. The largest absolute Gasteiger partial charge is 1.00 e. The SMILES string of the molecule is COC(C)[O-].[AlH3].[Na+]. The van der Waals surface area contributed by atoms with Crippen molar-refractivity contribution in [1.29, 1.82) is 0 Å². The Hall–Kier alpha value is 1.45. The van der Waals surface area contributed by atoms with Crippen molar-refractivity contribution >= 4 is 17.4 Å². The van der Waals surface area contributed by atoms with Gasteiger partial charge in [-0.25, -0.2) is 0 Å². The molecule has 0 aliphatic heterocycles. The van der Waals surface area contributed by atoms with Crippen LogP contribution in [0, 0.1) is 0 Å². The van der Waals surface area contributed by atoms with E-state index >= 15 is 0 Å². The molecule has 0 aliphatic rings. The van der Waals surface area contributed by atoms with Crippen LogP contribution in [0.25, 0.3) is 0 Å². The van der Waals surface area contributed by atoms with E-state index in [1.165, 1.54) is 14.0 Å². The van der Waals surface area contributed by atoms with Crippen molar-refractivity contribution in [3.63, 3.8) is 0 Å². The summed E-state index contributed by atoms with van der Waals surface area (Å²) in [6.45, 7) is 1.44. The molecule has 0 amide bonds. The van der Waals surface area contributed by atoms with Crippen molar-refractivity contribution in [3.8, 4) is 0 Å². The Morgan fingerprint density at radius 1 is 1.57 bits per heavy atom. The van der Waals surface area contributed by atoms with Crippen molar-refractivity contribution in [3.05, 3.63) is 0 Å². The molecular formula is C3H10AlNaO2. The van der Waals surface area contributed by atoms with E-state index in [2.05, 4.69) is 4.74 Å². The summed E-state index contributed by atoms with van der Waals surface area (Å²) < 4.78 is 4.19. The predicted octanol–water partition coefficient (Wildman–Crippen LogP) is -4.84. The maximum atomic E-state index is 9.67. The summed E-state index contributed by atoms with van der Waals surface area (Å²) in [4.78, 5) is 0. The summed E-state index contributed by atoms with van der Waals surface area (Å²) in [5.74, 6) is 0. The van der Waals surface area contributed by atoms with Crippen LogP contribution in [0.3, 0.4) is 0 Å². The molecule has 0 aromatic carbocycles. The summed E-state index contributed by atoms with van der Waals surface area (Å²) in [6.07, 6.45) is -0.866. The maximum absolute atomic E-state index is 9.67. The van der Waals surface area contributed by atoms with E-state index in [4.69, 9.17) is 0 Å². The minimum absolute atomic E-state index is 0. The number of rotatable bonds is 1. The summed E-state index contributed by atoms with van der Waals surface area (Å²) in [5, 5.41) is 9.67. The van der Waals surface area contributed by atoms with Gasteiger partial charge < -0.3 is 9.84 Å². The fourth-order valence-electron chi connectivity index (χ4n) is 0. The summed E-state index contributed by atoms with van der Waals surface area (Å²) in [5.41, 5.74) is 0. The molecule has 0 radical (unpaired) electrons. The van der Waals surface area contributed by atoms with Crippen molar-refractivity contribution in [2.45, 2.75) is 13.2 Å². The fraction of sp³-hybridized carbons (Fsp3) is 1.00. The first-order valence-corrected chi connectivity index (χ1v) is 1.46. The van der Waals surface area contributed by atoms with E-state index < -0.39 is 6.29 Å². The molecule has 0 saturated carbocycles. The van der Waals surface area contributed by atoms with Gasteiger partial charge in [0, 0.05) is 7.11 Å². The first-order valence-electron chi connectivity index (χ1n) is 1.46. The smallest absolute Gasteiger partial charge is 0.831 e. The van der Waals surface area contributed by atoms with E-state index in [0.717, 1.165) is 0 Å². The Balaban J connectivity index is -0.0000000800. The molecule has 1 atom stereocenters. The quantitative estimate of drug-likeness (QED) is 0.262. The average Bonchev–Trinajstić information content (AvgIpc) is 1.38. The van der Waals surface area contributed by atoms with Gasteiger partial charge >= 0.3 is 29.6 Å². The third-order valence-electron chi connectivity index (χ3n) is 0.332. The van der Waals surface area contributed by atoms with Crippen LogP contribution in [0.4, 0.5) is 0 Å². The fourth-order valence-corrected chi connectivity index (χ4v) is 0. The van der Waals surface area contributed by atoms with Crippen LogP contribution in [0.1, 0.15) is 6.92 Å². The summed E-state index contributed by atoms with van der Waals surface area (Å²) in [7, 11) is 1.39. The minimum atomic E-state index is -0.866. The monoisotopic (exact) mass is 128 g/mol. The van der Waals surface area contributed by atoms with Crippen LogP contribution >= 0.6 is 0 Å². The first-order chi connectivity index (χ1) is 2.27. The molecule has 0 saturated heterocycles. The minimum Gasteiger partial charge on any atom is -0.831 e. The maximum Gasteiger partial charge on any atom is 1.00 e. The van der Waals surface area contributed by atoms with Crippen LogP contribution in [0.5, 0.6) is 0 Å². The van der Waals surface area contributed by atoms with Gasteiger partial charge in [-0.1, -0.05) is 6.92 Å². The topological polar surface area (TPSA) is 32.3 Å². The van der Waals surface area contributed by atoms with Crippen LogP contribution in [-0.4, -0.2) is 30.8 Å². The zero-order valence-corrected chi connectivity index (χ0v) is 6.39. The number of ether oxygens (including phenoxy) is 1. The molecular weight excluding hydrogens is 118 g/mol. The number of hydrogen-bond acceptors (Lipinski definition) is 2. The average molecular weight is 128 g/mol. The zero-order chi connectivity index (χ0) is 4.28. The molecule has 0 aromatic rings. The first kappa shape index (κ1) is 15.8. The van der Waals surface area contributed by atoms with Gasteiger partial charge in [-0.3, -0.25) is 0 Å². The van der Waals surface area contributed by atoms with Crippen LogP contribution in [0.15, 0.2) is 0 Å². The molecule has 0 bridgehead atoms. The normalized spacial score (nSPS) is 10.7. The third kappa shape index (κ3) is 18.6. The predicted molar refractivity (Wildman–Crippen MR) is 26.4 cm³/mol. The Labute approximate surface area is 76.7 Å². The van der Waals surface area contributed by atoms with Gasteiger partial charge in [-0.2, -0.15) is 0 Å². The zero-order valence-electron chi connectivity index (χ0n) is 4.39. The molecule has 2 nitrogen and oxygen atoms in total. The van der Waals surface area contributed by atoms with Gasteiger partial charge in [0.25, 0.3) is 0 Å². The standard InChI is InChI=1S/C3H7O2.Al.Na.3H/c1-3(4)5-2;;;;;/h3H,1-2H3;;;;;/q-1;;+1;;;. The Morgan fingerprint density at radius 2 is 1.71 bits per heavy atom. The van der Waals surface area contributed by atoms with E-state index in [1.54, 1.807) is 0 Å². The number of methoxy groups -OCH3 is 1. The number of hydrogen-bond donors (Lipinski definition) is 0. The van der Waals surface area contributed by atoms with Gasteiger partial charge in [-0.05, 0) is 6.29 Å². The second kappa shape index (κ2) is 10.4. The van der Waals surface area contributed by atoms with Gasteiger partial charge in [0.15, 0.2) is 17.4 Å². The van der Waals surface area contributed by atoms with E-state index in [-0.39, 0.29) is 46.9 Å². The summed E-state index contributed by atoms with van der Waals surface area (Å²) in [6, 6.07) is 0. The molecule has 0 rings (SSSR count). The Morgan fingerprint density at radius 3 is 1.71 bits per heavy atom. The molecule has 0 aliphatic carbocycles.